The largest absolute Gasteiger partial charge is 0.573 e. The molecule has 2 rings (SSSR count). The van der Waals surface area contributed by atoms with E-state index in [1.165, 1.54) is 23.1 Å². The summed E-state index contributed by atoms with van der Waals surface area (Å²) in [7, 11) is 0. The van der Waals surface area contributed by atoms with Crippen LogP contribution in [0.5, 0.6) is 5.75 Å². The number of nitrogens with zero attached hydrogens (tertiary/aromatic N) is 1. The van der Waals surface area contributed by atoms with Crippen molar-refractivity contribution in [2.24, 2.45) is 11.7 Å². The molecule has 9 heteroatoms. The van der Waals surface area contributed by atoms with Crippen LogP contribution in [0.15, 0.2) is 24.3 Å². The van der Waals surface area contributed by atoms with Gasteiger partial charge in [-0.3, -0.25) is 4.79 Å². The minimum atomic E-state index is -4.80. The van der Waals surface area contributed by atoms with Gasteiger partial charge in [0.2, 0.25) is 5.91 Å². The number of nitrogens with two attached hydrogens (primary N) is 1. The Labute approximate surface area is 130 Å². The van der Waals surface area contributed by atoms with E-state index in [4.69, 9.17) is 5.73 Å². The van der Waals surface area contributed by atoms with Gasteiger partial charge in [-0.25, -0.2) is 4.79 Å². The molecule has 6 nitrogen and oxygen atoms in total. The first kappa shape index (κ1) is 16.9. The third-order valence-corrected chi connectivity index (χ3v) is 3.51. The summed E-state index contributed by atoms with van der Waals surface area (Å²) in [5.41, 5.74) is 5.38. The number of nitrogens with one attached hydrogen (secondary N) is 1. The van der Waals surface area contributed by atoms with Gasteiger partial charge in [0.15, 0.2) is 0 Å². The number of amides is 3. The van der Waals surface area contributed by atoms with Gasteiger partial charge < -0.3 is 20.7 Å². The maximum Gasteiger partial charge on any atom is 0.573 e. The Morgan fingerprint density at radius 1 is 1.35 bits per heavy atom. The molecule has 0 bridgehead atoms. The zero-order chi connectivity index (χ0) is 17.0. The normalized spacial score (nSPS) is 17.9. The lowest BCUT2D eigenvalue weighted by Gasteiger charge is -2.18. The number of likely N-dealkylation sites (tertiary alicyclic amines) is 1. The lowest BCUT2D eigenvalue weighted by Crippen LogP contribution is -2.39. The van der Waals surface area contributed by atoms with Crippen LogP contribution in [0.25, 0.3) is 0 Å². The van der Waals surface area contributed by atoms with Crippen molar-refractivity contribution in [2.45, 2.75) is 19.3 Å². The quantitative estimate of drug-likeness (QED) is 0.879. The predicted molar refractivity (Wildman–Crippen MR) is 74.2 cm³/mol. The Balaban J connectivity index is 1.94. The number of rotatable bonds is 4. The van der Waals surface area contributed by atoms with Crippen molar-refractivity contribution in [2.75, 3.05) is 13.1 Å². The first-order chi connectivity index (χ1) is 10.8. The molecule has 0 aromatic heterocycles. The van der Waals surface area contributed by atoms with Gasteiger partial charge in [0.1, 0.15) is 5.75 Å². The van der Waals surface area contributed by atoms with Gasteiger partial charge in [0.05, 0.1) is 5.92 Å². The van der Waals surface area contributed by atoms with E-state index in [0.717, 1.165) is 0 Å². The van der Waals surface area contributed by atoms with E-state index in [-0.39, 0.29) is 30.3 Å². The molecule has 0 aliphatic carbocycles. The summed E-state index contributed by atoms with van der Waals surface area (Å²) in [6, 6.07) is 5.09. The van der Waals surface area contributed by atoms with Crippen molar-refractivity contribution in [1.29, 1.82) is 0 Å². The van der Waals surface area contributed by atoms with Crippen molar-refractivity contribution in [3.63, 3.8) is 0 Å². The number of alkyl halides is 3. The van der Waals surface area contributed by atoms with Crippen LogP contribution in [-0.2, 0) is 11.3 Å². The van der Waals surface area contributed by atoms with Crippen molar-refractivity contribution in [1.82, 2.24) is 10.2 Å². The number of para-hydroxylation sites is 1. The summed E-state index contributed by atoms with van der Waals surface area (Å²) in [4.78, 5) is 24.5. The molecule has 0 saturated carbocycles. The molecule has 3 N–H and O–H groups in total. The van der Waals surface area contributed by atoms with E-state index in [0.29, 0.717) is 13.0 Å². The fourth-order valence-electron chi connectivity index (χ4n) is 2.33. The molecule has 23 heavy (non-hydrogen) atoms. The lowest BCUT2D eigenvalue weighted by molar-refractivity contribution is -0.274. The Morgan fingerprint density at radius 2 is 2.04 bits per heavy atom. The minimum Gasteiger partial charge on any atom is -0.405 e. The fourth-order valence-corrected chi connectivity index (χ4v) is 2.33. The molecule has 1 unspecified atom stereocenters. The first-order valence-corrected chi connectivity index (χ1v) is 6.92. The third kappa shape index (κ3) is 4.76. The second kappa shape index (κ2) is 6.76. The van der Waals surface area contributed by atoms with Crippen molar-refractivity contribution >= 4 is 11.9 Å². The van der Waals surface area contributed by atoms with Gasteiger partial charge in [0, 0.05) is 25.2 Å². The highest BCUT2D eigenvalue weighted by Crippen LogP contribution is 2.26. The monoisotopic (exact) mass is 331 g/mol. The molecule has 0 spiro atoms. The standard InChI is InChI=1S/C14H16F3N3O3/c15-14(16,17)23-11-4-2-1-3-9(11)7-19-13(22)20-6-5-10(8-20)12(18)21/h1-4,10H,5-8H2,(H2,18,21)(H,19,22). The number of carbonyl (C=O) groups excluding carboxylic acids is 2. The van der Waals surface area contributed by atoms with E-state index in [2.05, 4.69) is 10.1 Å². The molecule has 0 radical (unpaired) electrons. The zero-order valence-electron chi connectivity index (χ0n) is 12.1. The number of halogens is 3. The van der Waals surface area contributed by atoms with Crippen LogP contribution in [0.1, 0.15) is 12.0 Å². The highest BCUT2D eigenvalue weighted by molar-refractivity contribution is 5.80. The number of urea groups is 1. The van der Waals surface area contributed by atoms with Crippen LogP contribution in [0.4, 0.5) is 18.0 Å². The van der Waals surface area contributed by atoms with Crippen LogP contribution in [0.3, 0.4) is 0 Å². The van der Waals surface area contributed by atoms with Crippen molar-refractivity contribution in [3.8, 4) is 5.75 Å². The number of hydrogen-bond donors (Lipinski definition) is 2. The SMILES string of the molecule is NC(=O)C1CCN(C(=O)NCc2ccccc2OC(F)(F)F)C1. The molecule has 1 fully saturated rings. The zero-order valence-corrected chi connectivity index (χ0v) is 12.1. The molecule has 1 aliphatic heterocycles. The topological polar surface area (TPSA) is 84.7 Å². The molecule has 1 heterocycles. The van der Waals surface area contributed by atoms with Gasteiger partial charge in [-0.05, 0) is 12.5 Å². The van der Waals surface area contributed by atoms with E-state index >= 15 is 0 Å². The Hall–Kier alpha value is -2.45. The summed E-state index contributed by atoms with van der Waals surface area (Å²) < 4.78 is 40.9. The van der Waals surface area contributed by atoms with Crippen LogP contribution in [-0.4, -0.2) is 36.3 Å². The van der Waals surface area contributed by atoms with Crippen molar-refractivity contribution in [3.05, 3.63) is 29.8 Å². The predicted octanol–water partition coefficient (Wildman–Crippen LogP) is 1.60. The van der Waals surface area contributed by atoms with Gasteiger partial charge in [-0.15, -0.1) is 13.2 Å². The van der Waals surface area contributed by atoms with Crippen molar-refractivity contribution < 1.29 is 27.5 Å². The maximum atomic E-state index is 12.3. The fraction of sp³-hybridized carbons (Fsp3) is 0.429. The maximum absolute atomic E-state index is 12.3. The molecule has 126 valence electrons. The summed E-state index contributed by atoms with van der Waals surface area (Å²) in [6.45, 7) is 0.463. The second-order valence-corrected chi connectivity index (χ2v) is 5.15. The number of hydrogen-bond acceptors (Lipinski definition) is 3. The van der Waals surface area contributed by atoms with E-state index in [9.17, 15) is 22.8 Å². The molecular formula is C14H16F3N3O3. The smallest absolute Gasteiger partial charge is 0.405 e. The number of ether oxygens (including phenoxy) is 1. The van der Waals surface area contributed by atoms with E-state index in [1.807, 2.05) is 0 Å². The molecule has 1 atom stereocenters. The third-order valence-electron chi connectivity index (χ3n) is 3.51. The van der Waals surface area contributed by atoms with Gasteiger partial charge in [-0.2, -0.15) is 0 Å². The molecule has 3 amide bonds. The Morgan fingerprint density at radius 3 is 2.65 bits per heavy atom. The van der Waals surface area contributed by atoms with Gasteiger partial charge in [-0.1, -0.05) is 18.2 Å². The van der Waals surface area contributed by atoms with Crippen LogP contribution in [0.2, 0.25) is 0 Å². The summed E-state index contributed by atoms with van der Waals surface area (Å²) in [6.07, 6.45) is -4.32. The Bertz CT molecular complexity index is 592. The van der Waals surface area contributed by atoms with Crippen LogP contribution < -0.4 is 15.8 Å². The molecule has 1 aliphatic rings. The average molecular weight is 331 g/mol. The average Bonchev–Trinajstić information content (AvgIpc) is 2.94. The Kier molecular flexibility index (Phi) is 4.97. The number of carbonyl (C=O) groups is 2. The number of benzene rings is 1. The summed E-state index contributed by atoms with van der Waals surface area (Å²) >= 11 is 0. The molecule has 1 aromatic rings. The number of primary amides is 1. The lowest BCUT2D eigenvalue weighted by atomic mass is 10.1. The minimum absolute atomic E-state index is 0.122. The second-order valence-electron chi connectivity index (χ2n) is 5.15. The van der Waals surface area contributed by atoms with Gasteiger partial charge in [0.25, 0.3) is 0 Å². The molecular weight excluding hydrogens is 315 g/mol. The summed E-state index contributed by atoms with van der Waals surface area (Å²) in [5.74, 6) is -1.22. The van der Waals surface area contributed by atoms with Crippen LogP contribution in [0, 0.1) is 5.92 Å². The van der Waals surface area contributed by atoms with Gasteiger partial charge >= 0.3 is 12.4 Å². The molecule has 1 saturated heterocycles. The van der Waals surface area contributed by atoms with E-state index < -0.39 is 18.3 Å². The highest BCUT2D eigenvalue weighted by Gasteiger charge is 2.32. The van der Waals surface area contributed by atoms with E-state index in [1.54, 1.807) is 6.07 Å². The van der Waals surface area contributed by atoms with Crippen LogP contribution >= 0.6 is 0 Å². The molecule has 1 aromatic carbocycles. The first-order valence-electron chi connectivity index (χ1n) is 6.92. The highest BCUT2D eigenvalue weighted by atomic mass is 19.4. The summed E-state index contributed by atoms with van der Waals surface area (Å²) in [5, 5.41) is 2.51.